The Labute approximate surface area is 79.8 Å². The lowest BCUT2D eigenvalue weighted by atomic mass is 10.0. The molecule has 1 saturated carbocycles. The van der Waals surface area contributed by atoms with Gasteiger partial charge in [-0.25, -0.2) is 0 Å². The Morgan fingerprint density at radius 1 is 0.917 bits per heavy atom. The van der Waals surface area contributed by atoms with Crippen molar-refractivity contribution in [1.82, 2.24) is 0 Å². The maximum atomic E-state index is 2.29. The largest absolute Gasteiger partial charge is 0.0683 e. The van der Waals surface area contributed by atoms with Crippen LogP contribution >= 0.6 is 0 Å². The molecule has 0 aliphatic heterocycles. The molecular weight excluding hydrogens is 144 g/mol. The fourth-order valence-electron chi connectivity index (χ4n) is 1.71. The maximum Gasteiger partial charge on any atom is -0.0414 e. The van der Waals surface area contributed by atoms with Crippen molar-refractivity contribution in [3.05, 3.63) is 0 Å². The molecule has 76 valence electrons. The summed E-state index contributed by atoms with van der Waals surface area (Å²) in [6.07, 6.45) is 8.93. The van der Waals surface area contributed by atoms with Crippen LogP contribution in [0, 0.1) is 5.92 Å². The molecule has 0 heterocycles. The van der Waals surface area contributed by atoms with Crippen LogP contribution in [0.4, 0.5) is 0 Å². The Morgan fingerprint density at radius 3 is 1.67 bits per heavy atom. The first-order valence-corrected chi connectivity index (χ1v) is 5.93. The van der Waals surface area contributed by atoms with Crippen molar-refractivity contribution >= 4 is 0 Å². The molecule has 0 unspecified atom stereocenters. The highest BCUT2D eigenvalue weighted by Crippen LogP contribution is 2.27. The summed E-state index contributed by atoms with van der Waals surface area (Å²) in [7, 11) is 0. The first kappa shape index (κ1) is 14.5. The zero-order chi connectivity index (χ0) is 9.82. The van der Waals surface area contributed by atoms with Gasteiger partial charge < -0.3 is 0 Å². The smallest absolute Gasteiger partial charge is 0.0414 e. The van der Waals surface area contributed by atoms with Gasteiger partial charge in [0.15, 0.2) is 0 Å². The van der Waals surface area contributed by atoms with Gasteiger partial charge in [0.05, 0.1) is 0 Å². The summed E-state index contributed by atoms with van der Waals surface area (Å²) in [6.45, 7) is 10.3. The van der Waals surface area contributed by atoms with E-state index in [4.69, 9.17) is 0 Å². The Bertz CT molecular complexity index is 51.1. The van der Waals surface area contributed by atoms with Crippen LogP contribution in [0.2, 0.25) is 0 Å². The molecule has 1 rings (SSSR count). The van der Waals surface area contributed by atoms with Gasteiger partial charge in [0.2, 0.25) is 0 Å². The topological polar surface area (TPSA) is 0 Å². The number of hydrogen-bond acceptors (Lipinski definition) is 0. The maximum absolute atomic E-state index is 2.29. The second-order valence-electron chi connectivity index (χ2n) is 2.94. The van der Waals surface area contributed by atoms with Crippen LogP contribution in [0.25, 0.3) is 0 Å². The molecular formula is C12H28. The summed E-state index contributed by atoms with van der Waals surface area (Å²) in [5.41, 5.74) is 0. The molecule has 12 heavy (non-hydrogen) atoms. The van der Waals surface area contributed by atoms with Crippen LogP contribution in [0.5, 0.6) is 0 Å². The number of rotatable bonds is 2. The average Bonchev–Trinajstić information content (AvgIpc) is 2.65. The summed E-state index contributed by atoms with van der Waals surface area (Å²) >= 11 is 0. The van der Waals surface area contributed by atoms with E-state index >= 15 is 0 Å². The fraction of sp³-hybridized carbons (Fsp3) is 1.00. The van der Waals surface area contributed by atoms with E-state index in [-0.39, 0.29) is 0 Å². The normalized spacial score (nSPS) is 15.8. The fourth-order valence-corrected chi connectivity index (χ4v) is 1.71. The summed E-state index contributed by atoms with van der Waals surface area (Å²) in [5.74, 6) is 1.11. The average molecular weight is 172 g/mol. The minimum Gasteiger partial charge on any atom is -0.0683 e. The van der Waals surface area contributed by atoms with Crippen LogP contribution < -0.4 is 0 Å². The minimum atomic E-state index is 1.11. The van der Waals surface area contributed by atoms with Crippen LogP contribution in [0.1, 0.15) is 73.1 Å². The molecule has 0 heteroatoms. The van der Waals surface area contributed by atoms with E-state index in [0.717, 1.165) is 5.92 Å². The Kier molecular flexibility index (Phi) is 16.4. The van der Waals surface area contributed by atoms with E-state index in [9.17, 15) is 0 Å². The van der Waals surface area contributed by atoms with Crippen molar-refractivity contribution in [1.29, 1.82) is 0 Å². The Balaban J connectivity index is 0. The van der Waals surface area contributed by atoms with Crippen LogP contribution in [-0.4, -0.2) is 0 Å². The molecule has 0 aromatic rings. The molecule has 0 radical (unpaired) electrons. The zero-order valence-corrected chi connectivity index (χ0v) is 9.82. The SMILES string of the molecule is CC.CC.CCCC1CCCC1. The van der Waals surface area contributed by atoms with Crippen LogP contribution in [0.15, 0.2) is 0 Å². The predicted molar refractivity (Wildman–Crippen MR) is 59.6 cm³/mol. The van der Waals surface area contributed by atoms with E-state index in [0.29, 0.717) is 0 Å². The zero-order valence-electron chi connectivity index (χ0n) is 9.82. The molecule has 0 amide bonds. The third-order valence-corrected chi connectivity index (χ3v) is 2.17. The lowest BCUT2D eigenvalue weighted by Crippen LogP contribution is -1.89. The highest BCUT2D eigenvalue weighted by Gasteiger charge is 2.12. The van der Waals surface area contributed by atoms with Gasteiger partial charge in [-0.3, -0.25) is 0 Å². The van der Waals surface area contributed by atoms with Crippen molar-refractivity contribution < 1.29 is 0 Å². The second-order valence-corrected chi connectivity index (χ2v) is 2.94. The summed E-state index contributed by atoms with van der Waals surface area (Å²) in [5, 5.41) is 0. The quantitative estimate of drug-likeness (QED) is 0.548. The Morgan fingerprint density at radius 2 is 1.33 bits per heavy atom. The van der Waals surface area contributed by atoms with Crippen LogP contribution in [-0.2, 0) is 0 Å². The lowest BCUT2D eigenvalue weighted by Gasteiger charge is -2.03. The van der Waals surface area contributed by atoms with Gasteiger partial charge in [0.1, 0.15) is 0 Å². The van der Waals surface area contributed by atoms with Crippen molar-refractivity contribution in [2.24, 2.45) is 5.92 Å². The molecule has 0 nitrogen and oxygen atoms in total. The number of hydrogen-bond donors (Lipinski definition) is 0. The predicted octanol–water partition coefficient (Wildman–Crippen LogP) is 5.03. The van der Waals surface area contributed by atoms with Crippen molar-refractivity contribution in [2.45, 2.75) is 73.1 Å². The Hall–Kier alpha value is 0. The first-order chi connectivity index (χ1) is 5.93. The van der Waals surface area contributed by atoms with Crippen molar-refractivity contribution in [2.75, 3.05) is 0 Å². The third kappa shape index (κ3) is 8.10. The highest BCUT2D eigenvalue weighted by atomic mass is 14.2. The van der Waals surface area contributed by atoms with Gasteiger partial charge in [-0.1, -0.05) is 73.1 Å². The van der Waals surface area contributed by atoms with Crippen molar-refractivity contribution in [3.8, 4) is 0 Å². The van der Waals surface area contributed by atoms with Crippen molar-refractivity contribution in [3.63, 3.8) is 0 Å². The van der Waals surface area contributed by atoms with Gasteiger partial charge >= 0.3 is 0 Å². The van der Waals surface area contributed by atoms with E-state index in [1.807, 2.05) is 27.7 Å². The molecule has 0 spiro atoms. The van der Waals surface area contributed by atoms with Crippen LogP contribution in [0.3, 0.4) is 0 Å². The van der Waals surface area contributed by atoms with Gasteiger partial charge in [0, 0.05) is 0 Å². The molecule has 0 N–H and O–H groups in total. The summed E-state index contributed by atoms with van der Waals surface area (Å²) in [6, 6.07) is 0. The van der Waals surface area contributed by atoms with Gasteiger partial charge in [-0.15, -0.1) is 0 Å². The van der Waals surface area contributed by atoms with E-state index in [1.54, 1.807) is 0 Å². The molecule has 0 aromatic heterocycles. The highest BCUT2D eigenvalue weighted by molar-refractivity contribution is 4.65. The minimum absolute atomic E-state index is 1.11. The van der Waals surface area contributed by atoms with Gasteiger partial charge in [0.25, 0.3) is 0 Å². The standard InChI is InChI=1S/C8H16.2C2H6/c1-2-5-8-6-3-4-7-8;2*1-2/h8H,2-7H2,1H3;2*1-2H3. The molecule has 0 atom stereocenters. The lowest BCUT2D eigenvalue weighted by molar-refractivity contribution is 0.496. The molecule has 1 aliphatic rings. The molecule has 1 fully saturated rings. The van der Waals surface area contributed by atoms with E-state index in [2.05, 4.69) is 6.92 Å². The van der Waals surface area contributed by atoms with E-state index in [1.165, 1.54) is 38.5 Å². The summed E-state index contributed by atoms with van der Waals surface area (Å²) in [4.78, 5) is 0. The van der Waals surface area contributed by atoms with Gasteiger partial charge in [-0.2, -0.15) is 0 Å². The third-order valence-electron chi connectivity index (χ3n) is 2.17. The first-order valence-electron chi connectivity index (χ1n) is 5.93. The summed E-state index contributed by atoms with van der Waals surface area (Å²) < 4.78 is 0. The monoisotopic (exact) mass is 172 g/mol. The molecule has 0 aromatic carbocycles. The van der Waals surface area contributed by atoms with E-state index < -0.39 is 0 Å². The molecule has 0 saturated heterocycles. The molecule has 1 aliphatic carbocycles. The molecule has 0 bridgehead atoms. The van der Waals surface area contributed by atoms with Gasteiger partial charge in [-0.05, 0) is 5.92 Å². The second kappa shape index (κ2) is 13.6.